The van der Waals surface area contributed by atoms with Gasteiger partial charge in [0.05, 0.1) is 0 Å². The van der Waals surface area contributed by atoms with Crippen LogP contribution in [0, 0.1) is 6.92 Å². The van der Waals surface area contributed by atoms with Crippen LogP contribution >= 0.6 is 11.6 Å². The molecular formula is C13H20ClN. The molecule has 1 nitrogen and oxygen atoms in total. The first-order chi connectivity index (χ1) is 7.17. The maximum atomic E-state index is 5.92. The van der Waals surface area contributed by atoms with Crippen LogP contribution in [0.2, 0.25) is 5.02 Å². The van der Waals surface area contributed by atoms with Gasteiger partial charge in [-0.2, -0.15) is 0 Å². The van der Waals surface area contributed by atoms with Crippen LogP contribution in [-0.4, -0.2) is 6.04 Å². The van der Waals surface area contributed by atoms with Gasteiger partial charge in [-0.15, -0.1) is 0 Å². The third-order valence-corrected chi connectivity index (χ3v) is 2.91. The van der Waals surface area contributed by atoms with Crippen LogP contribution in [0.1, 0.15) is 38.7 Å². The highest BCUT2D eigenvalue weighted by Gasteiger charge is 2.06. The summed E-state index contributed by atoms with van der Waals surface area (Å²) < 4.78 is 0. The number of nitrogens with one attached hydrogen (secondary N) is 1. The van der Waals surface area contributed by atoms with Crippen molar-refractivity contribution in [2.24, 2.45) is 0 Å². The van der Waals surface area contributed by atoms with Gasteiger partial charge in [0.25, 0.3) is 0 Å². The second kappa shape index (κ2) is 6.02. The monoisotopic (exact) mass is 225 g/mol. The lowest BCUT2D eigenvalue weighted by Gasteiger charge is -2.19. The van der Waals surface area contributed by atoms with Crippen molar-refractivity contribution in [1.29, 1.82) is 0 Å². The van der Waals surface area contributed by atoms with Crippen LogP contribution in [0.25, 0.3) is 0 Å². The Morgan fingerprint density at radius 2 is 2.07 bits per heavy atom. The molecule has 0 bridgehead atoms. The number of benzene rings is 1. The molecule has 0 radical (unpaired) electrons. The Bertz CT molecular complexity index is 309. The highest BCUT2D eigenvalue weighted by atomic mass is 35.5. The van der Waals surface area contributed by atoms with E-state index in [2.05, 4.69) is 32.2 Å². The van der Waals surface area contributed by atoms with Crippen molar-refractivity contribution in [2.45, 2.75) is 46.1 Å². The summed E-state index contributed by atoms with van der Waals surface area (Å²) in [6, 6.07) is 6.59. The number of halogens is 1. The summed E-state index contributed by atoms with van der Waals surface area (Å²) in [4.78, 5) is 0. The molecule has 15 heavy (non-hydrogen) atoms. The van der Waals surface area contributed by atoms with Gasteiger partial charge < -0.3 is 5.32 Å². The Hall–Kier alpha value is -0.690. The van der Waals surface area contributed by atoms with Crippen LogP contribution in [0.15, 0.2) is 18.2 Å². The molecule has 0 saturated carbocycles. The fraction of sp³-hybridized carbons (Fsp3) is 0.538. The van der Waals surface area contributed by atoms with Crippen LogP contribution in [0.4, 0.5) is 5.69 Å². The molecule has 1 aromatic rings. The van der Waals surface area contributed by atoms with Crippen molar-refractivity contribution < 1.29 is 0 Å². The molecule has 0 aliphatic rings. The van der Waals surface area contributed by atoms with E-state index in [1.54, 1.807) is 0 Å². The molecule has 0 fully saturated rings. The van der Waals surface area contributed by atoms with E-state index in [1.165, 1.54) is 24.1 Å². The highest BCUT2D eigenvalue weighted by molar-refractivity contribution is 6.30. The molecule has 0 spiro atoms. The van der Waals surface area contributed by atoms with Crippen LogP contribution in [-0.2, 0) is 0 Å². The smallest absolute Gasteiger partial charge is 0.0410 e. The molecule has 0 aliphatic heterocycles. The second-order valence-corrected chi connectivity index (χ2v) is 4.43. The number of hydrogen-bond acceptors (Lipinski definition) is 1. The maximum absolute atomic E-state index is 5.92. The Labute approximate surface area is 97.8 Å². The molecule has 1 rings (SSSR count). The van der Waals surface area contributed by atoms with Gasteiger partial charge in [-0.05, 0) is 43.5 Å². The zero-order valence-electron chi connectivity index (χ0n) is 9.81. The van der Waals surface area contributed by atoms with E-state index in [0.29, 0.717) is 6.04 Å². The molecule has 0 saturated heterocycles. The lowest BCUT2D eigenvalue weighted by molar-refractivity contribution is 0.622. The number of rotatable bonds is 5. The van der Waals surface area contributed by atoms with Gasteiger partial charge in [0.2, 0.25) is 0 Å². The molecule has 1 N–H and O–H groups in total. The lowest BCUT2D eigenvalue weighted by Crippen LogP contribution is -2.18. The van der Waals surface area contributed by atoms with E-state index < -0.39 is 0 Å². The average Bonchev–Trinajstić information content (AvgIpc) is 2.21. The van der Waals surface area contributed by atoms with E-state index >= 15 is 0 Å². The zero-order chi connectivity index (χ0) is 11.3. The molecule has 1 aromatic carbocycles. The normalized spacial score (nSPS) is 12.5. The Morgan fingerprint density at radius 1 is 1.33 bits per heavy atom. The first-order valence-corrected chi connectivity index (χ1v) is 6.07. The summed E-state index contributed by atoms with van der Waals surface area (Å²) in [5, 5.41) is 4.37. The van der Waals surface area contributed by atoms with Gasteiger partial charge in [-0.25, -0.2) is 0 Å². The third-order valence-electron chi connectivity index (χ3n) is 2.68. The number of hydrogen-bond donors (Lipinski definition) is 1. The van der Waals surface area contributed by atoms with Crippen molar-refractivity contribution in [3.05, 3.63) is 28.8 Å². The predicted octanol–water partition coefficient (Wildman–Crippen LogP) is 4.64. The quantitative estimate of drug-likeness (QED) is 0.770. The van der Waals surface area contributed by atoms with Crippen LogP contribution in [0.3, 0.4) is 0 Å². The van der Waals surface area contributed by atoms with Gasteiger partial charge >= 0.3 is 0 Å². The van der Waals surface area contributed by atoms with E-state index in [4.69, 9.17) is 11.6 Å². The molecule has 84 valence electrons. The molecule has 0 heterocycles. The van der Waals surface area contributed by atoms with Crippen molar-refractivity contribution in [1.82, 2.24) is 0 Å². The molecule has 0 aromatic heterocycles. The minimum absolute atomic E-state index is 0.579. The molecule has 0 aliphatic carbocycles. The maximum Gasteiger partial charge on any atom is 0.0410 e. The molecule has 1 atom stereocenters. The topological polar surface area (TPSA) is 12.0 Å². The predicted molar refractivity (Wildman–Crippen MR) is 68.8 cm³/mol. The first-order valence-electron chi connectivity index (χ1n) is 5.70. The number of aryl methyl sites for hydroxylation is 1. The van der Waals surface area contributed by atoms with Crippen molar-refractivity contribution in [3.8, 4) is 0 Å². The largest absolute Gasteiger partial charge is 0.382 e. The summed E-state index contributed by atoms with van der Waals surface area (Å²) >= 11 is 5.92. The SMILES string of the molecule is CCCC(CC)Nc1ccc(Cl)cc1C. The fourth-order valence-electron chi connectivity index (χ4n) is 1.74. The van der Waals surface area contributed by atoms with E-state index in [1.807, 2.05) is 12.1 Å². The van der Waals surface area contributed by atoms with Crippen molar-refractivity contribution in [2.75, 3.05) is 5.32 Å². The van der Waals surface area contributed by atoms with Crippen LogP contribution < -0.4 is 5.32 Å². The first kappa shape index (κ1) is 12.4. The molecule has 0 amide bonds. The van der Waals surface area contributed by atoms with E-state index in [9.17, 15) is 0 Å². The molecule has 1 unspecified atom stereocenters. The average molecular weight is 226 g/mol. The fourth-order valence-corrected chi connectivity index (χ4v) is 1.96. The summed E-state index contributed by atoms with van der Waals surface area (Å²) in [7, 11) is 0. The second-order valence-electron chi connectivity index (χ2n) is 4.00. The molecular weight excluding hydrogens is 206 g/mol. The minimum Gasteiger partial charge on any atom is -0.382 e. The lowest BCUT2D eigenvalue weighted by atomic mass is 10.1. The van der Waals surface area contributed by atoms with Gasteiger partial charge in [0.15, 0.2) is 0 Å². The standard InChI is InChI=1S/C13H20ClN/c1-4-6-12(5-2)15-13-8-7-11(14)9-10(13)3/h7-9,12,15H,4-6H2,1-3H3. The zero-order valence-corrected chi connectivity index (χ0v) is 10.6. The van der Waals surface area contributed by atoms with Crippen molar-refractivity contribution in [3.63, 3.8) is 0 Å². The summed E-state index contributed by atoms with van der Waals surface area (Å²) in [5.41, 5.74) is 2.43. The van der Waals surface area contributed by atoms with Crippen LogP contribution in [0.5, 0.6) is 0 Å². The van der Waals surface area contributed by atoms with Gasteiger partial charge in [-0.1, -0.05) is 31.9 Å². The van der Waals surface area contributed by atoms with E-state index in [-0.39, 0.29) is 0 Å². The Kier molecular flexibility index (Phi) is 4.97. The van der Waals surface area contributed by atoms with E-state index in [0.717, 1.165) is 11.4 Å². The van der Waals surface area contributed by atoms with Gasteiger partial charge in [0, 0.05) is 16.8 Å². The minimum atomic E-state index is 0.579. The number of anilines is 1. The summed E-state index contributed by atoms with van der Waals surface area (Å²) in [5.74, 6) is 0. The Morgan fingerprint density at radius 3 is 2.60 bits per heavy atom. The van der Waals surface area contributed by atoms with Gasteiger partial charge in [-0.3, -0.25) is 0 Å². The summed E-state index contributed by atoms with van der Waals surface area (Å²) in [6.07, 6.45) is 3.60. The molecule has 2 heteroatoms. The third kappa shape index (κ3) is 3.75. The van der Waals surface area contributed by atoms with Crippen molar-refractivity contribution >= 4 is 17.3 Å². The summed E-state index contributed by atoms with van der Waals surface area (Å²) in [6.45, 7) is 6.53. The Balaban J connectivity index is 2.70. The van der Waals surface area contributed by atoms with Gasteiger partial charge in [0.1, 0.15) is 0 Å². The highest BCUT2D eigenvalue weighted by Crippen LogP contribution is 2.21.